The molecule has 0 fully saturated rings. The fraction of sp³-hybridized carbons (Fsp3) is 0.194. The molecule has 2 amide bonds. The third kappa shape index (κ3) is 7.95. The molecule has 0 aliphatic rings. The summed E-state index contributed by atoms with van der Waals surface area (Å²) >= 11 is 0. The lowest BCUT2D eigenvalue weighted by Gasteiger charge is -2.14. The number of ether oxygens (including phenoxy) is 3. The smallest absolute Gasteiger partial charge is 0.262 e. The van der Waals surface area contributed by atoms with E-state index in [0.717, 1.165) is 6.07 Å². The van der Waals surface area contributed by atoms with Gasteiger partial charge in [0.2, 0.25) is 0 Å². The Morgan fingerprint density at radius 1 is 0.837 bits per heavy atom. The summed E-state index contributed by atoms with van der Waals surface area (Å²) in [4.78, 5) is 32.4. The summed E-state index contributed by atoms with van der Waals surface area (Å²) in [5.74, 6) is -1.58. The average Bonchev–Trinajstić information content (AvgIpc) is 2.98. The Hall–Kier alpha value is -5.23. The number of amides is 2. The second kappa shape index (κ2) is 14.1. The van der Waals surface area contributed by atoms with E-state index in [0.29, 0.717) is 46.9 Å². The highest BCUT2D eigenvalue weighted by Crippen LogP contribution is 2.37. The highest BCUT2D eigenvalue weighted by molar-refractivity contribution is 6.26. The first-order chi connectivity index (χ1) is 20.7. The quantitative estimate of drug-likeness (QED) is 0.0920. The van der Waals surface area contributed by atoms with E-state index in [4.69, 9.17) is 14.2 Å². The van der Waals surface area contributed by atoms with Gasteiger partial charge in [-0.1, -0.05) is 0 Å². The minimum absolute atomic E-state index is 0.0922. The summed E-state index contributed by atoms with van der Waals surface area (Å²) < 4.78 is 45.0. The standard InChI is InChI=1S/C31H31F2N5O5/c1-38(2)14-13-34-18-23(30(39)36-20-7-5-19(32)6-8-20)31(40)37-21-9-10-27(24(33)15-21)43-26-11-12-35-25-17-29(42-4)28(41-3)16-22(25)26/h5-12,15-18,34H,13-14H2,1-4H3,(H,36,39)(H,37,40)/b23-18+. The van der Waals surface area contributed by atoms with E-state index in [1.807, 2.05) is 19.0 Å². The molecule has 43 heavy (non-hydrogen) atoms. The number of methoxy groups -OCH3 is 2. The zero-order valence-electron chi connectivity index (χ0n) is 24.0. The van der Waals surface area contributed by atoms with Crippen molar-refractivity contribution >= 4 is 34.1 Å². The molecule has 4 rings (SSSR count). The van der Waals surface area contributed by atoms with Gasteiger partial charge in [-0.3, -0.25) is 14.6 Å². The molecule has 1 heterocycles. The Bertz CT molecular complexity index is 1640. The van der Waals surface area contributed by atoms with Crippen LogP contribution in [0.2, 0.25) is 0 Å². The van der Waals surface area contributed by atoms with Crippen LogP contribution >= 0.6 is 0 Å². The maximum absolute atomic E-state index is 15.2. The molecule has 4 aromatic rings. The molecule has 3 N–H and O–H groups in total. The zero-order valence-corrected chi connectivity index (χ0v) is 24.0. The Kier molecular flexibility index (Phi) is 10.1. The van der Waals surface area contributed by atoms with Crippen molar-refractivity contribution in [3.05, 3.63) is 90.3 Å². The van der Waals surface area contributed by atoms with Gasteiger partial charge in [-0.05, 0) is 62.6 Å². The lowest BCUT2D eigenvalue weighted by Crippen LogP contribution is -2.29. The average molecular weight is 592 g/mol. The minimum atomic E-state index is -0.786. The third-order valence-electron chi connectivity index (χ3n) is 6.16. The number of fused-ring (bicyclic) bond motifs is 1. The topological polar surface area (TPSA) is 114 Å². The van der Waals surface area contributed by atoms with Crippen molar-refractivity contribution in [2.45, 2.75) is 0 Å². The Morgan fingerprint density at radius 3 is 2.14 bits per heavy atom. The van der Waals surface area contributed by atoms with Gasteiger partial charge in [0, 0.05) is 54.4 Å². The van der Waals surface area contributed by atoms with Crippen molar-refractivity contribution in [3.63, 3.8) is 0 Å². The number of aromatic nitrogens is 1. The van der Waals surface area contributed by atoms with Gasteiger partial charge >= 0.3 is 0 Å². The first kappa shape index (κ1) is 30.7. The van der Waals surface area contributed by atoms with E-state index in [9.17, 15) is 14.0 Å². The number of carbonyl (C=O) groups excluding carboxylic acids is 2. The van der Waals surface area contributed by atoms with E-state index in [-0.39, 0.29) is 17.0 Å². The van der Waals surface area contributed by atoms with Gasteiger partial charge in [0.05, 0.1) is 19.7 Å². The van der Waals surface area contributed by atoms with Crippen LogP contribution in [0.5, 0.6) is 23.0 Å². The number of hydrogen-bond acceptors (Lipinski definition) is 8. The van der Waals surface area contributed by atoms with Gasteiger partial charge in [-0.15, -0.1) is 0 Å². The van der Waals surface area contributed by atoms with Gasteiger partial charge in [-0.2, -0.15) is 0 Å². The molecule has 0 aliphatic carbocycles. The van der Waals surface area contributed by atoms with Gasteiger partial charge in [0.25, 0.3) is 11.8 Å². The number of benzene rings is 3. The van der Waals surface area contributed by atoms with Gasteiger partial charge in [0.15, 0.2) is 23.1 Å². The van der Waals surface area contributed by atoms with Crippen LogP contribution < -0.4 is 30.2 Å². The predicted octanol–water partition coefficient (Wildman–Crippen LogP) is 4.93. The monoisotopic (exact) mass is 591 g/mol. The summed E-state index contributed by atoms with van der Waals surface area (Å²) in [7, 11) is 6.78. The summed E-state index contributed by atoms with van der Waals surface area (Å²) in [5.41, 5.74) is 0.675. The molecule has 0 atom stereocenters. The molecule has 0 saturated heterocycles. The predicted molar refractivity (Wildman–Crippen MR) is 160 cm³/mol. The fourth-order valence-corrected chi connectivity index (χ4v) is 3.94. The van der Waals surface area contributed by atoms with E-state index in [1.54, 1.807) is 18.2 Å². The molecular weight excluding hydrogens is 560 g/mol. The lowest BCUT2D eigenvalue weighted by molar-refractivity contribution is -0.118. The molecule has 0 aliphatic heterocycles. The van der Waals surface area contributed by atoms with Crippen LogP contribution in [0.3, 0.4) is 0 Å². The number of nitrogens with zero attached hydrogens (tertiary/aromatic N) is 2. The molecule has 0 radical (unpaired) electrons. The summed E-state index contributed by atoms with van der Waals surface area (Å²) in [6.07, 6.45) is 2.80. The summed E-state index contributed by atoms with van der Waals surface area (Å²) in [6, 6.07) is 13.9. The second-order valence-electron chi connectivity index (χ2n) is 9.51. The van der Waals surface area contributed by atoms with Crippen LogP contribution in [0.15, 0.2) is 78.6 Å². The maximum atomic E-state index is 15.2. The fourth-order valence-electron chi connectivity index (χ4n) is 3.94. The van der Waals surface area contributed by atoms with Crippen molar-refractivity contribution < 1.29 is 32.6 Å². The molecule has 10 nitrogen and oxygen atoms in total. The van der Waals surface area contributed by atoms with Crippen molar-refractivity contribution in [1.82, 2.24) is 15.2 Å². The molecule has 1 aromatic heterocycles. The number of likely N-dealkylation sites (N-methyl/N-ethyl adjacent to an activating group) is 1. The molecule has 0 bridgehead atoms. The Morgan fingerprint density at radius 2 is 1.49 bits per heavy atom. The zero-order chi connectivity index (χ0) is 30.9. The first-order valence-corrected chi connectivity index (χ1v) is 13.1. The van der Waals surface area contributed by atoms with Crippen LogP contribution in [-0.2, 0) is 9.59 Å². The number of rotatable bonds is 12. The third-order valence-corrected chi connectivity index (χ3v) is 6.16. The highest BCUT2D eigenvalue weighted by Gasteiger charge is 2.20. The lowest BCUT2D eigenvalue weighted by atomic mass is 10.1. The minimum Gasteiger partial charge on any atom is -0.493 e. The molecule has 3 aromatic carbocycles. The molecule has 0 saturated carbocycles. The van der Waals surface area contributed by atoms with Crippen molar-refractivity contribution in [2.24, 2.45) is 0 Å². The van der Waals surface area contributed by atoms with Crippen molar-refractivity contribution in [2.75, 3.05) is 52.0 Å². The summed E-state index contributed by atoms with van der Waals surface area (Å²) in [5, 5.41) is 8.61. The Balaban J connectivity index is 1.52. The molecule has 12 heteroatoms. The maximum Gasteiger partial charge on any atom is 0.262 e. The normalized spacial score (nSPS) is 11.3. The first-order valence-electron chi connectivity index (χ1n) is 13.1. The molecule has 0 unspecified atom stereocenters. The van der Waals surface area contributed by atoms with Gasteiger partial charge < -0.3 is 35.1 Å². The van der Waals surface area contributed by atoms with Crippen LogP contribution in [0.1, 0.15) is 0 Å². The molecule has 0 spiro atoms. The van der Waals surface area contributed by atoms with Crippen LogP contribution in [0.4, 0.5) is 20.2 Å². The number of anilines is 2. The SMILES string of the molecule is COc1cc2nccc(Oc3ccc(NC(=O)/C(=C/NCCN(C)C)C(=O)Nc4ccc(F)cc4)cc3F)c2cc1OC. The van der Waals surface area contributed by atoms with E-state index >= 15 is 4.39 Å². The summed E-state index contributed by atoms with van der Waals surface area (Å²) in [6.45, 7) is 1.10. The van der Waals surface area contributed by atoms with Crippen LogP contribution in [-0.4, -0.2) is 63.1 Å². The van der Waals surface area contributed by atoms with E-state index in [1.165, 1.54) is 63.0 Å². The highest BCUT2D eigenvalue weighted by atomic mass is 19.1. The van der Waals surface area contributed by atoms with Gasteiger partial charge in [-0.25, -0.2) is 8.78 Å². The number of carbonyl (C=O) groups is 2. The van der Waals surface area contributed by atoms with Crippen LogP contribution in [0.25, 0.3) is 10.9 Å². The second-order valence-corrected chi connectivity index (χ2v) is 9.51. The molecule has 224 valence electrons. The van der Waals surface area contributed by atoms with Gasteiger partial charge in [0.1, 0.15) is 17.1 Å². The van der Waals surface area contributed by atoms with E-state index in [2.05, 4.69) is 20.9 Å². The van der Waals surface area contributed by atoms with Crippen molar-refractivity contribution in [1.29, 1.82) is 0 Å². The van der Waals surface area contributed by atoms with Crippen molar-refractivity contribution in [3.8, 4) is 23.0 Å². The largest absolute Gasteiger partial charge is 0.493 e. The van der Waals surface area contributed by atoms with E-state index < -0.39 is 23.4 Å². The Labute approximate surface area is 247 Å². The number of pyridine rings is 1. The number of nitrogens with one attached hydrogen (secondary N) is 3. The van der Waals surface area contributed by atoms with Crippen LogP contribution in [0, 0.1) is 11.6 Å². The molecular formula is C31H31F2N5O5. The number of hydrogen-bond donors (Lipinski definition) is 3. The number of halogens is 2.